The zero-order valence-corrected chi connectivity index (χ0v) is 11.2. The van der Waals surface area contributed by atoms with Crippen LogP contribution in [0.3, 0.4) is 0 Å². The highest BCUT2D eigenvalue weighted by atomic mass is 16.6. The molecule has 0 fully saturated rings. The summed E-state index contributed by atoms with van der Waals surface area (Å²) in [4.78, 5) is 10.2. The van der Waals surface area contributed by atoms with Gasteiger partial charge in [0.1, 0.15) is 5.75 Å². The molecule has 0 saturated heterocycles. The van der Waals surface area contributed by atoms with Crippen LogP contribution in [0.1, 0.15) is 12.5 Å². The number of non-ortho nitro benzene ring substituents is 1. The van der Waals surface area contributed by atoms with E-state index in [9.17, 15) is 10.1 Å². The van der Waals surface area contributed by atoms with E-state index in [1.54, 1.807) is 12.1 Å². The summed E-state index contributed by atoms with van der Waals surface area (Å²) < 4.78 is 5.52. The van der Waals surface area contributed by atoms with E-state index in [4.69, 9.17) is 4.74 Å². The van der Waals surface area contributed by atoms with Gasteiger partial charge in [-0.15, -0.1) is 0 Å². The predicted octanol–water partition coefficient (Wildman–Crippen LogP) is 3.61. The zero-order chi connectivity index (χ0) is 14.4. The highest BCUT2D eigenvalue weighted by molar-refractivity contribution is 5.56. The van der Waals surface area contributed by atoms with Gasteiger partial charge in [0.15, 0.2) is 0 Å². The van der Waals surface area contributed by atoms with E-state index in [0.717, 1.165) is 17.0 Å². The smallest absolute Gasteiger partial charge is 0.269 e. The third-order valence-electron chi connectivity index (χ3n) is 2.82. The first-order chi connectivity index (χ1) is 9.70. The molecule has 0 atom stereocenters. The lowest BCUT2D eigenvalue weighted by Crippen LogP contribution is -2.02. The molecule has 5 nitrogen and oxygen atoms in total. The van der Waals surface area contributed by atoms with Crippen molar-refractivity contribution in [2.75, 3.05) is 11.9 Å². The average molecular weight is 272 g/mol. The number of hydrogen-bond donors (Lipinski definition) is 1. The first-order valence-corrected chi connectivity index (χ1v) is 6.39. The quantitative estimate of drug-likeness (QED) is 0.644. The number of nitrogens with one attached hydrogen (secondary N) is 1. The summed E-state index contributed by atoms with van der Waals surface area (Å²) in [6, 6.07) is 14.2. The molecule has 0 saturated carbocycles. The van der Waals surface area contributed by atoms with Crippen LogP contribution in [-0.4, -0.2) is 11.5 Å². The van der Waals surface area contributed by atoms with Gasteiger partial charge in [0.05, 0.1) is 17.2 Å². The Bertz CT molecular complexity index is 582. The molecule has 0 aliphatic carbocycles. The summed E-state index contributed by atoms with van der Waals surface area (Å²) in [5, 5.41) is 13.8. The molecule has 0 aliphatic heterocycles. The summed E-state index contributed by atoms with van der Waals surface area (Å²) in [7, 11) is 0. The van der Waals surface area contributed by atoms with E-state index < -0.39 is 4.92 Å². The number of rotatable bonds is 6. The summed E-state index contributed by atoms with van der Waals surface area (Å²) in [6.45, 7) is 3.13. The molecule has 0 radical (unpaired) electrons. The number of nitro groups is 1. The fraction of sp³-hybridized carbons (Fsp3) is 0.200. The maximum atomic E-state index is 10.6. The molecule has 0 heterocycles. The minimum absolute atomic E-state index is 0.100. The number of nitrogens with zero attached hydrogens (tertiary/aromatic N) is 1. The van der Waals surface area contributed by atoms with E-state index in [-0.39, 0.29) is 5.69 Å². The van der Waals surface area contributed by atoms with Gasteiger partial charge in [-0.05, 0) is 24.6 Å². The highest BCUT2D eigenvalue weighted by Gasteiger charge is 2.05. The second kappa shape index (κ2) is 6.56. The minimum atomic E-state index is -0.401. The number of ether oxygens (including phenoxy) is 1. The Hall–Kier alpha value is -2.56. The molecule has 0 aromatic heterocycles. The van der Waals surface area contributed by atoms with Crippen LogP contribution < -0.4 is 10.1 Å². The van der Waals surface area contributed by atoms with Gasteiger partial charge in [-0.25, -0.2) is 0 Å². The molecule has 5 heteroatoms. The fourth-order valence-electron chi connectivity index (χ4n) is 1.83. The van der Waals surface area contributed by atoms with Gasteiger partial charge in [0.25, 0.3) is 5.69 Å². The Balaban J connectivity index is 2.03. The third-order valence-corrected chi connectivity index (χ3v) is 2.82. The normalized spacial score (nSPS) is 10.1. The first-order valence-electron chi connectivity index (χ1n) is 6.39. The Morgan fingerprint density at radius 2 is 1.85 bits per heavy atom. The highest BCUT2D eigenvalue weighted by Crippen LogP contribution is 2.24. The van der Waals surface area contributed by atoms with E-state index >= 15 is 0 Å². The summed E-state index contributed by atoms with van der Waals surface area (Å²) in [6.07, 6.45) is 0. The van der Waals surface area contributed by atoms with Crippen LogP contribution in [0.2, 0.25) is 0 Å². The summed E-state index contributed by atoms with van der Waals surface area (Å²) >= 11 is 0. The van der Waals surface area contributed by atoms with Crippen molar-refractivity contribution in [1.82, 2.24) is 0 Å². The SMILES string of the molecule is CCOc1ccccc1NCc1ccc([N+](=O)[O-])cc1. The van der Waals surface area contributed by atoms with Crippen LogP contribution in [0.25, 0.3) is 0 Å². The van der Waals surface area contributed by atoms with Crippen molar-refractivity contribution in [2.24, 2.45) is 0 Å². The second-order valence-corrected chi connectivity index (χ2v) is 4.21. The van der Waals surface area contributed by atoms with E-state index in [1.807, 2.05) is 31.2 Å². The van der Waals surface area contributed by atoms with Crippen LogP contribution in [-0.2, 0) is 6.54 Å². The molecular weight excluding hydrogens is 256 g/mol. The van der Waals surface area contributed by atoms with E-state index in [2.05, 4.69) is 5.32 Å². The van der Waals surface area contributed by atoms with E-state index in [0.29, 0.717) is 13.2 Å². The molecule has 1 N–H and O–H groups in total. The summed E-state index contributed by atoms with van der Waals surface area (Å²) in [5.41, 5.74) is 1.98. The van der Waals surface area contributed by atoms with Gasteiger partial charge in [0.2, 0.25) is 0 Å². The molecule has 0 aliphatic rings. The lowest BCUT2D eigenvalue weighted by Gasteiger charge is -2.12. The number of nitro benzene ring substituents is 1. The minimum Gasteiger partial charge on any atom is -0.492 e. The number of anilines is 1. The van der Waals surface area contributed by atoms with Crippen molar-refractivity contribution in [3.8, 4) is 5.75 Å². The molecule has 0 bridgehead atoms. The molecule has 0 unspecified atom stereocenters. The van der Waals surface area contributed by atoms with Crippen molar-refractivity contribution >= 4 is 11.4 Å². The molecule has 0 spiro atoms. The van der Waals surface area contributed by atoms with Crippen molar-refractivity contribution in [1.29, 1.82) is 0 Å². The molecule has 0 amide bonds. The largest absolute Gasteiger partial charge is 0.492 e. The van der Waals surface area contributed by atoms with Crippen LogP contribution in [0.4, 0.5) is 11.4 Å². The Morgan fingerprint density at radius 3 is 2.50 bits per heavy atom. The number of para-hydroxylation sites is 2. The zero-order valence-electron chi connectivity index (χ0n) is 11.2. The lowest BCUT2D eigenvalue weighted by molar-refractivity contribution is -0.384. The second-order valence-electron chi connectivity index (χ2n) is 4.21. The van der Waals surface area contributed by atoms with Crippen LogP contribution >= 0.6 is 0 Å². The fourth-order valence-corrected chi connectivity index (χ4v) is 1.83. The molecule has 2 aromatic rings. The molecular formula is C15H16N2O3. The van der Waals surface area contributed by atoms with Gasteiger partial charge in [-0.3, -0.25) is 10.1 Å². The monoisotopic (exact) mass is 272 g/mol. The number of benzene rings is 2. The Morgan fingerprint density at radius 1 is 1.15 bits per heavy atom. The molecule has 2 rings (SSSR count). The van der Waals surface area contributed by atoms with Crippen LogP contribution in [0.5, 0.6) is 5.75 Å². The average Bonchev–Trinajstić information content (AvgIpc) is 2.47. The number of hydrogen-bond acceptors (Lipinski definition) is 4. The van der Waals surface area contributed by atoms with Gasteiger partial charge in [-0.2, -0.15) is 0 Å². The van der Waals surface area contributed by atoms with Crippen LogP contribution in [0.15, 0.2) is 48.5 Å². The third kappa shape index (κ3) is 3.47. The summed E-state index contributed by atoms with van der Waals surface area (Å²) in [5.74, 6) is 0.803. The molecule has 104 valence electrons. The van der Waals surface area contributed by atoms with Crippen molar-refractivity contribution < 1.29 is 9.66 Å². The van der Waals surface area contributed by atoms with Gasteiger partial charge < -0.3 is 10.1 Å². The Labute approximate surface area is 117 Å². The topological polar surface area (TPSA) is 64.4 Å². The first kappa shape index (κ1) is 13.9. The van der Waals surface area contributed by atoms with Crippen molar-refractivity contribution in [3.05, 3.63) is 64.2 Å². The van der Waals surface area contributed by atoms with Gasteiger partial charge >= 0.3 is 0 Å². The predicted molar refractivity (Wildman–Crippen MR) is 78.0 cm³/mol. The maximum Gasteiger partial charge on any atom is 0.269 e. The van der Waals surface area contributed by atoms with E-state index in [1.165, 1.54) is 12.1 Å². The van der Waals surface area contributed by atoms with Gasteiger partial charge in [-0.1, -0.05) is 24.3 Å². The van der Waals surface area contributed by atoms with Crippen LogP contribution in [0, 0.1) is 10.1 Å². The van der Waals surface area contributed by atoms with Crippen molar-refractivity contribution in [3.63, 3.8) is 0 Å². The standard InChI is InChI=1S/C15H16N2O3/c1-2-20-15-6-4-3-5-14(15)16-11-12-7-9-13(10-8-12)17(18)19/h3-10,16H,2,11H2,1H3. The Kier molecular flexibility index (Phi) is 4.55. The maximum absolute atomic E-state index is 10.6. The molecule has 20 heavy (non-hydrogen) atoms. The van der Waals surface area contributed by atoms with Gasteiger partial charge in [0, 0.05) is 18.7 Å². The lowest BCUT2D eigenvalue weighted by atomic mass is 10.2. The molecule has 2 aromatic carbocycles. The van der Waals surface area contributed by atoms with Crippen molar-refractivity contribution in [2.45, 2.75) is 13.5 Å².